The van der Waals surface area contributed by atoms with Gasteiger partial charge in [-0.2, -0.15) is 13.9 Å². The monoisotopic (exact) mass is 475 g/mol. The number of benzene rings is 1. The van der Waals surface area contributed by atoms with Crippen LogP contribution in [0.5, 0.6) is 0 Å². The van der Waals surface area contributed by atoms with Crippen LogP contribution in [-0.2, 0) is 9.53 Å². The lowest BCUT2D eigenvalue weighted by molar-refractivity contribution is -0.119. The standard InChI is InChI=1S/C24H31F2N5O3/c1-14-7-6-8-18(30-23(33)34-24(2,3)4)15-9-10-16(12-27-5)17(11-15)20-19(29-21(14)32)13-28-31(20)22(25)26/h9-14,18,22H,6-8H2,1-5H3,(H,29,32)(H,30,33)/t14-,18+/m1/s1. The molecule has 10 heteroatoms. The number of carbonyl (C=O) groups excluding carboxylic acids is 2. The van der Waals surface area contributed by atoms with Crippen molar-refractivity contribution in [3.8, 4) is 11.3 Å². The molecule has 1 aliphatic heterocycles. The van der Waals surface area contributed by atoms with Gasteiger partial charge in [0, 0.05) is 30.3 Å². The van der Waals surface area contributed by atoms with Crippen LogP contribution >= 0.6 is 0 Å². The number of aliphatic imine (C=N–C) groups is 1. The van der Waals surface area contributed by atoms with E-state index in [1.807, 2.05) is 6.07 Å². The molecule has 1 aromatic carbocycles. The number of nitrogens with zero attached hydrogens (tertiary/aromatic N) is 3. The fraction of sp³-hybridized carbons (Fsp3) is 0.500. The van der Waals surface area contributed by atoms with E-state index >= 15 is 0 Å². The zero-order valence-corrected chi connectivity index (χ0v) is 20.1. The van der Waals surface area contributed by atoms with Gasteiger partial charge in [0.15, 0.2) is 0 Å². The number of alkyl halides is 2. The Balaban J connectivity index is 2.17. The average molecular weight is 476 g/mol. The lowest BCUT2D eigenvalue weighted by atomic mass is 9.92. The van der Waals surface area contributed by atoms with E-state index in [4.69, 9.17) is 4.74 Å². The normalized spacial score (nSPS) is 19.2. The molecule has 34 heavy (non-hydrogen) atoms. The Labute approximate surface area is 197 Å². The molecule has 2 bridgehead atoms. The second-order valence-electron chi connectivity index (χ2n) is 9.38. The summed E-state index contributed by atoms with van der Waals surface area (Å²) in [6.07, 6.45) is 3.97. The fourth-order valence-electron chi connectivity index (χ4n) is 3.90. The predicted octanol–water partition coefficient (Wildman–Crippen LogP) is 5.32. The molecule has 0 radical (unpaired) electrons. The van der Waals surface area contributed by atoms with Crippen molar-refractivity contribution < 1.29 is 23.1 Å². The quantitative estimate of drug-likeness (QED) is 0.587. The maximum atomic E-state index is 13.9. The number of halogens is 2. The molecular formula is C24H31F2N5O3. The van der Waals surface area contributed by atoms with Crippen molar-refractivity contribution in [2.75, 3.05) is 12.4 Å². The molecule has 1 aromatic heterocycles. The summed E-state index contributed by atoms with van der Waals surface area (Å²) >= 11 is 0. The van der Waals surface area contributed by atoms with Gasteiger partial charge in [0.05, 0.1) is 23.6 Å². The molecule has 0 aliphatic carbocycles. The largest absolute Gasteiger partial charge is 0.444 e. The minimum Gasteiger partial charge on any atom is -0.444 e. The van der Waals surface area contributed by atoms with Crippen LogP contribution in [0.4, 0.5) is 19.3 Å². The molecule has 0 saturated carbocycles. The van der Waals surface area contributed by atoms with Gasteiger partial charge in [0.25, 0.3) is 0 Å². The molecule has 0 unspecified atom stereocenters. The van der Waals surface area contributed by atoms with E-state index in [0.29, 0.717) is 35.1 Å². The highest BCUT2D eigenvalue weighted by atomic mass is 19.3. The van der Waals surface area contributed by atoms with Gasteiger partial charge in [-0.25, -0.2) is 9.48 Å². The maximum Gasteiger partial charge on any atom is 0.408 e. The molecule has 0 spiro atoms. The van der Waals surface area contributed by atoms with Crippen molar-refractivity contribution in [1.82, 2.24) is 15.1 Å². The summed E-state index contributed by atoms with van der Waals surface area (Å²) in [6.45, 7) is 4.19. The molecule has 3 rings (SSSR count). The van der Waals surface area contributed by atoms with Crippen LogP contribution in [0.3, 0.4) is 0 Å². The first-order valence-electron chi connectivity index (χ1n) is 11.2. The molecule has 2 N–H and O–H groups in total. The van der Waals surface area contributed by atoms with Crippen LogP contribution < -0.4 is 10.6 Å². The van der Waals surface area contributed by atoms with Crippen molar-refractivity contribution >= 4 is 23.9 Å². The van der Waals surface area contributed by atoms with Gasteiger partial charge in [-0.15, -0.1) is 0 Å². The Kier molecular flexibility index (Phi) is 7.68. The average Bonchev–Trinajstić information content (AvgIpc) is 3.15. The molecule has 2 aromatic rings. The van der Waals surface area contributed by atoms with Crippen LogP contribution in [0.15, 0.2) is 29.4 Å². The molecule has 0 fully saturated rings. The lowest BCUT2D eigenvalue weighted by Crippen LogP contribution is -2.35. The summed E-state index contributed by atoms with van der Waals surface area (Å²) in [5.74, 6) is -0.645. The summed E-state index contributed by atoms with van der Waals surface area (Å²) in [5, 5.41) is 9.49. The van der Waals surface area contributed by atoms with E-state index in [9.17, 15) is 18.4 Å². The van der Waals surface area contributed by atoms with Gasteiger partial charge in [-0.05, 0) is 45.2 Å². The topological polar surface area (TPSA) is 97.6 Å². The van der Waals surface area contributed by atoms with Gasteiger partial charge in [0.1, 0.15) is 5.60 Å². The third kappa shape index (κ3) is 5.98. The number of alkyl carbamates (subject to hydrolysis) is 1. The minimum atomic E-state index is -2.92. The van der Waals surface area contributed by atoms with Crippen molar-refractivity contribution in [2.24, 2.45) is 10.9 Å². The molecule has 2 amide bonds. The second-order valence-corrected chi connectivity index (χ2v) is 9.38. The number of ether oxygens (including phenoxy) is 1. The SMILES string of the molecule is CN=Cc1ccc2cc1-c1c(cnn1C(F)F)NC(=O)[C@H](C)CCC[C@@H]2NC(=O)OC(C)(C)C. The van der Waals surface area contributed by atoms with Gasteiger partial charge < -0.3 is 15.4 Å². The number of hydrogen-bond donors (Lipinski definition) is 2. The van der Waals surface area contributed by atoms with E-state index < -0.39 is 24.3 Å². The van der Waals surface area contributed by atoms with Crippen molar-refractivity contribution in [3.05, 3.63) is 35.5 Å². The summed E-state index contributed by atoms with van der Waals surface area (Å²) in [7, 11) is 1.58. The Morgan fingerprint density at radius 3 is 2.74 bits per heavy atom. The van der Waals surface area contributed by atoms with E-state index in [2.05, 4.69) is 20.7 Å². The van der Waals surface area contributed by atoms with Crippen molar-refractivity contribution in [1.29, 1.82) is 0 Å². The number of nitrogens with one attached hydrogen (secondary N) is 2. The van der Waals surface area contributed by atoms with Crippen LogP contribution in [0, 0.1) is 5.92 Å². The van der Waals surface area contributed by atoms with Crippen molar-refractivity contribution in [2.45, 2.75) is 65.1 Å². The van der Waals surface area contributed by atoms with E-state index in [1.165, 1.54) is 6.20 Å². The molecule has 1 aliphatic rings. The summed E-state index contributed by atoms with van der Waals surface area (Å²) in [4.78, 5) is 29.4. The summed E-state index contributed by atoms with van der Waals surface area (Å²) in [5.41, 5.74) is 1.31. The van der Waals surface area contributed by atoms with Crippen LogP contribution in [0.2, 0.25) is 0 Å². The van der Waals surface area contributed by atoms with Gasteiger partial charge >= 0.3 is 12.6 Å². The molecule has 0 saturated heterocycles. The Morgan fingerprint density at radius 2 is 2.09 bits per heavy atom. The second kappa shape index (κ2) is 10.3. The lowest BCUT2D eigenvalue weighted by Gasteiger charge is -2.25. The Bertz CT molecular complexity index is 1080. The number of aromatic nitrogens is 2. The van der Waals surface area contributed by atoms with E-state index in [1.54, 1.807) is 53.1 Å². The third-order valence-electron chi connectivity index (χ3n) is 5.51. The Morgan fingerprint density at radius 1 is 1.35 bits per heavy atom. The first-order chi connectivity index (χ1) is 16.0. The summed E-state index contributed by atoms with van der Waals surface area (Å²) < 4.78 is 33.8. The molecule has 2 heterocycles. The highest BCUT2D eigenvalue weighted by Crippen LogP contribution is 2.36. The fourth-order valence-corrected chi connectivity index (χ4v) is 3.90. The van der Waals surface area contributed by atoms with E-state index in [0.717, 1.165) is 5.56 Å². The van der Waals surface area contributed by atoms with Crippen LogP contribution in [-0.4, -0.2) is 40.6 Å². The third-order valence-corrected chi connectivity index (χ3v) is 5.51. The molecule has 2 atom stereocenters. The number of amides is 2. The number of fused-ring (bicyclic) bond motifs is 4. The van der Waals surface area contributed by atoms with Gasteiger partial charge in [-0.1, -0.05) is 25.5 Å². The van der Waals surface area contributed by atoms with Gasteiger partial charge in [-0.3, -0.25) is 9.79 Å². The van der Waals surface area contributed by atoms with E-state index in [-0.39, 0.29) is 23.2 Å². The highest BCUT2D eigenvalue weighted by Gasteiger charge is 2.27. The molecule has 8 nitrogen and oxygen atoms in total. The highest BCUT2D eigenvalue weighted by molar-refractivity contribution is 5.99. The number of hydrogen-bond acceptors (Lipinski definition) is 5. The number of rotatable bonds is 3. The summed E-state index contributed by atoms with van der Waals surface area (Å²) in [6, 6.07) is 4.88. The smallest absolute Gasteiger partial charge is 0.408 e. The van der Waals surface area contributed by atoms with Crippen LogP contribution in [0.1, 0.15) is 70.7 Å². The minimum absolute atomic E-state index is 0.0730. The first-order valence-corrected chi connectivity index (χ1v) is 11.2. The molecular weight excluding hydrogens is 444 g/mol. The van der Waals surface area contributed by atoms with Gasteiger partial charge in [0.2, 0.25) is 5.91 Å². The van der Waals surface area contributed by atoms with Crippen LogP contribution in [0.25, 0.3) is 11.3 Å². The van der Waals surface area contributed by atoms with Crippen molar-refractivity contribution in [3.63, 3.8) is 0 Å². The number of anilines is 1. The zero-order chi connectivity index (χ0) is 25.0. The number of carbonyl (C=O) groups is 2. The zero-order valence-electron chi connectivity index (χ0n) is 20.1. The Hall–Kier alpha value is -3.30. The first kappa shape index (κ1) is 25.3. The molecule has 184 valence electrons. The maximum absolute atomic E-state index is 13.9. The predicted molar refractivity (Wildman–Crippen MR) is 126 cm³/mol.